The van der Waals surface area contributed by atoms with Gasteiger partial charge in [0, 0.05) is 22.3 Å². The van der Waals surface area contributed by atoms with E-state index in [4.69, 9.17) is 5.73 Å². The second-order valence-corrected chi connectivity index (χ2v) is 5.58. The Kier molecular flexibility index (Phi) is 3.82. The lowest BCUT2D eigenvalue weighted by Crippen LogP contribution is -2.29. The maximum Gasteiger partial charge on any atom is 0.139 e. The summed E-state index contributed by atoms with van der Waals surface area (Å²) in [5.74, 6) is -0.994. The summed E-state index contributed by atoms with van der Waals surface area (Å²) in [6.07, 6.45) is 4.14. The van der Waals surface area contributed by atoms with Crippen LogP contribution in [0.5, 0.6) is 0 Å². The molecule has 2 unspecified atom stereocenters. The molecule has 16 heavy (non-hydrogen) atoms. The molecule has 0 aromatic heterocycles. The summed E-state index contributed by atoms with van der Waals surface area (Å²) >= 11 is 1.48. The summed E-state index contributed by atoms with van der Waals surface area (Å²) in [4.78, 5) is 0.528. The van der Waals surface area contributed by atoms with Gasteiger partial charge in [-0.05, 0) is 31.4 Å². The minimum Gasteiger partial charge on any atom is -0.328 e. The third-order valence-corrected chi connectivity index (χ3v) is 4.20. The number of hydrogen-bond donors (Lipinski definition) is 1. The van der Waals surface area contributed by atoms with Crippen LogP contribution in [0, 0.1) is 11.6 Å². The van der Waals surface area contributed by atoms with Crippen LogP contribution in [0.15, 0.2) is 23.1 Å². The predicted molar refractivity (Wildman–Crippen MR) is 62.4 cm³/mol. The number of thioether (sulfide) groups is 1. The number of halogens is 2. The fourth-order valence-corrected chi connectivity index (χ4v) is 3.34. The first-order chi connectivity index (χ1) is 7.65. The zero-order valence-corrected chi connectivity index (χ0v) is 9.77. The SMILES string of the molecule is NC1CCCC(Sc2ccc(F)cc2F)C1. The van der Waals surface area contributed by atoms with Gasteiger partial charge < -0.3 is 5.73 Å². The average molecular weight is 243 g/mol. The molecule has 1 aromatic rings. The van der Waals surface area contributed by atoms with E-state index in [9.17, 15) is 8.78 Å². The van der Waals surface area contributed by atoms with E-state index in [2.05, 4.69) is 0 Å². The Balaban J connectivity index is 2.02. The molecule has 2 atom stereocenters. The van der Waals surface area contributed by atoms with Crippen LogP contribution in [0.1, 0.15) is 25.7 Å². The van der Waals surface area contributed by atoms with Gasteiger partial charge >= 0.3 is 0 Å². The zero-order valence-electron chi connectivity index (χ0n) is 8.96. The molecule has 0 bridgehead atoms. The quantitative estimate of drug-likeness (QED) is 0.862. The number of rotatable bonds is 2. The standard InChI is InChI=1S/C12H15F2NS/c13-8-4-5-12(11(14)6-8)16-10-3-1-2-9(15)7-10/h4-6,9-10H,1-3,7,15H2. The largest absolute Gasteiger partial charge is 0.328 e. The van der Waals surface area contributed by atoms with Crippen LogP contribution in [-0.4, -0.2) is 11.3 Å². The van der Waals surface area contributed by atoms with Crippen LogP contribution in [-0.2, 0) is 0 Å². The van der Waals surface area contributed by atoms with Crippen LogP contribution in [0.3, 0.4) is 0 Å². The molecule has 0 spiro atoms. The molecule has 2 rings (SSSR count). The molecule has 1 aromatic carbocycles. The highest BCUT2D eigenvalue weighted by Crippen LogP contribution is 2.34. The number of nitrogens with two attached hydrogens (primary N) is 1. The van der Waals surface area contributed by atoms with Gasteiger partial charge in [-0.2, -0.15) is 0 Å². The topological polar surface area (TPSA) is 26.0 Å². The third-order valence-electron chi connectivity index (χ3n) is 2.85. The minimum absolute atomic E-state index is 0.231. The lowest BCUT2D eigenvalue weighted by atomic mass is 9.96. The lowest BCUT2D eigenvalue weighted by Gasteiger charge is -2.26. The molecule has 1 aliphatic rings. The Morgan fingerprint density at radius 1 is 1.25 bits per heavy atom. The fraction of sp³-hybridized carbons (Fsp3) is 0.500. The molecule has 1 aliphatic carbocycles. The molecule has 88 valence electrons. The van der Waals surface area contributed by atoms with Crippen LogP contribution < -0.4 is 5.73 Å². The van der Waals surface area contributed by atoms with Gasteiger partial charge in [-0.3, -0.25) is 0 Å². The Morgan fingerprint density at radius 3 is 2.75 bits per heavy atom. The van der Waals surface area contributed by atoms with Crippen molar-refractivity contribution in [3.05, 3.63) is 29.8 Å². The van der Waals surface area contributed by atoms with Gasteiger partial charge in [0.2, 0.25) is 0 Å². The molecule has 1 fully saturated rings. The molecule has 1 saturated carbocycles. The molecule has 0 heterocycles. The van der Waals surface area contributed by atoms with Crippen molar-refractivity contribution in [3.8, 4) is 0 Å². The zero-order chi connectivity index (χ0) is 11.5. The number of hydrogen-bond acceptors (Lipinski definition) is 2. The van der Waals surface area contributed by atoms with Gasteiger partial charge in [0.25, 0.3) is 0 Å². The second-order valence-electron chi connectivity index (χ2n) is 4.24. The Morgan fingerprint density at radius 2 is 2.06 bits per heavy atom. The van der Waals surface area contributed by atoms with Crippen molar-refractivity contribution in [3.63, 3.8) is 0 Å². The van der Waals surface area contributed by atoms with Crippen LogP contribution in [0.2, 0.25) is 0 Å². The van der Waals surface area contributed by atoms with Gasteiger partial charge in [0.05, 0.1) is 0 Å². The molecule has 2 N–H and O–H groups in total. The minimum atomic E-state index is -0.526. The van der Waals surface area contributed by atoms with Crippen LogP contribution in [0.4, 0.5) is 8.78 Å². The highest BCUT2D eigenvalue weighted by Gasteiger charge is 2.21. The highest BCUT2D eigenvalue weighted by molar-refractivity contribution is 8.00. The van der Waals surface area contributed by atoms with Gasteiger partial charge in [-0.1, -0.05) is 6.42 Å². The summed E-state index contributed by atoms with van der Waals surface area (Å²) in [7, 11) is 0. The smallest absolute Gasteiger partial charge is 0.139 e. The van der Waals surface area contributed by atoms with Gasteiger partial charge in [-0.25, -0.2) is 8.78 Å². The van der Waals surface area contributed by atoms with Crippen molar-refractivity contribution in [2.24, 2.45) is 5.73 Å². The molecule has 0 radical (unpaired) electrons. The monoisotopic (exact) mass is 243 g/mol. The van der Waals surface area contributed by atoms with E-state index >= 15 is 0 Å². The van der Waals surface area contributed by atoms with E-state index in [1.165, 1.54) is 23.9 Å². The van der Waals surface area contributed by atoms with Crippen molar-refractivity contribution in [1.29, 1.82) is 0 Å². The Hall–Kier alpha value is -0.610. The molecular weight excluding hydrogens is 228 g/mol. The molecule has 0 saturated heterocycles. The molecule has 0 amide bonds. The Bertz CT molecular complexity index is 370. The van der Waals surface area contributed by atoms with Crippen LogP contribution >= 0.6 is 11.8 Å². The van der Waals surface area contributed by atoms with Gasteiger partial charge in [0.15, 0.2) is 0 Å². The molecule has 0 aliphatic heterocycles. The second kappa shape index (κ2) is 5.15. The summed E-state index contributed by atoms with van der Waals surface area (Å²) in [5, 5.41) is 0.365. The summed E-state index contributed by atoms with van der Waals surface area (Å²) in [5.41, 5.74) is 5.87. The van der Waals surface area contributed by atoms with Crippen molar-refractivity contribution < 1.29 is 8.78 Å². The van der Waals surface area contributed by atoms with Crippen molar-refractivity contribution in [2.75, 3.05) is 0 Å². The molecule has 1 nitrogen and oxygen atoms in total. The van der Waals surface area contributed by atoms with E-state index < -0.39 is 11.6 Å². The van der Waals surface area contributed by atoms with Crippen molar-refractivity contribution in [2.45, 2.75) is 41.9 Å². The predicted octanol–water partition coefficient (Wildman–Crippen LogP) is 3.33. The first-order valence-electron chi connectivity index (χ1n) is 5.52. The van der Waals surface area contributed by atoms with Crippen LogP contribution in [0.25, 0.3) is 0 Å². The first kappa shape index (κ1) is 11.9. The lowest BCUT2D eigenvalue weighted by molar-refractivity contribution is 0.451. The van der Waals surface area contributed by atoms with E-state index in [1.54, 1.807) is 0 Å². The first-order valence-corrected chi connectivity index (χ1v) is 6.40. The number of benzene rings is 1. The summed E-state index contributed by atoms with van der Waals surface area (Å²) < 4.78 is 26.1. The Labute approximate surface area is 98.4 Å². The summed E-state index contributed by atoms with van der Waals surface area (Å²) in [6.45, 7) is 0. The van der Waals surface area contributed by atoms with Crippen molar-refractivity contribution in [1.82, 2.24) is 0 Å². The van der Waals surface area contributed by atoms with Gasteiger partial charge in [0.1, 0.15) is 11.6 Å². The third kappa shape index (κ3) is 2.95. The average Bonchev–Trinajstić information content (AvgIpc) is 2.22. The maximum atomic E-state index is 13.4. The molecular formula is C12H15F2NS. The van der Waals surface area contributed by atoms with E-state index in [1.807, 2.05) is 0 Å². The summed E-state index contributed by atoms with van der Waals surface area (Å²) in [6, 6.07) is 3.98. The van der Waals surface area contributed by atoms with E-state index in [0.29, 0.717) is 10.1 Å². The van der Waals surface area contributed by atoms with Gasteiger partial charge in [-0.15, -0.1) is 11.8 Å². The van der Waals surface area contributed by atoms with E-state index in [0.717, 1.165) is 31.7 Å². The fourth-order valence-electron chi connectivity index (χ4n) is 2.04. The van der Waals surface area contributed by atoms with E-state index in [-0.39, 0.29) is 6.04 Å². The maximum absolute atomic E-state index is 13.4. The normalized spacial score (nSPS) is 25.7. The molecule has 4 heteroatoms. The van der Waals surface area contributed by atoms with Crippen molar-refractivity contribution >= 4 is 11.8 Å². The highest BCUT2D eigenvalue weighted by atomic mass is 32.2.